The fraction of sp³-hybridized carbons (Fsp3) is 0.143. The van der Waals surface area contributed by atoms with Crippen molar-refractivity contribution in [2.24, 2.45) is 0 Å². The molecular formula is C21H22N2O2. The van der Waals surface area contributed by atoms with Crippen molar-refractivity contribution in [1.82, 2.24) is 10.4 Å². The number of nitrogens with zero attached hydrogens (tertiary/aromatic N) is 1. The molecule has 3 rings (SSSR count). The molecule has 2 N–H and O–H groups in total. The minimum atomic E-state index is -0.473. The van der Waals surface area contributed by atoms with E-state index in [1.807, 2.05) is 71.9 Å². The summed E-state index contributed by atoms with van der Waals surface area (Å²) in [6.45, 7) is 8.77. The first-order valence-corrected chi connectivity index (χ1v) is 8.15. The lowest BCUT2D eigenvalue weighted by Crippen LogP contribution is -2.47. The Labute approximate surface area is 148 Å². The van der Waals surface area contributed by atoms with Gasteiger partial charge in [-0.25, -0.2) is 5.43 Å². The van der Waals surface area contributed by atoms with Gasteiger partial charge in [0.2, 0.25) is 0 Å². The Kier molecular flexibility index (Phi) is 5.21. The number of hydrazine groups is 1. The molecule has 0 amide bonds. The third-order valence-electron chi connectivity index (χ3n) is 4.00. The zero-order valence-electron chi connectivity index (χ0n) is 14.1. The summed E-state index contributed by atoms with van der Waals surface area (Å²) in [4.78, 5) is 0. The minimum Gasteiger partial charge on any atom is -0.511 e. The highest BCUT2D eigenvalue weighted by Gasteiger charge is 2.27. The maximum Gasteiger partial charge on any atom is 0.141 e. The van der Waals surface area contributed by atoms with E-state index < -0.39 is 6.04 Å². The molecular weight excluding hydrogens is 312 g/mol. The SMILES string of the molecule is C=C(O)C1NN(Cc2ccccc2)C=C(OCc2ccccc2)C1=C. The van der Waals surface area contributed by atoms with Crippen LogP contribution >= 0.6 is 0 Å². The number of hydrogen-bond donors (Lipinski definition) is 2. The lowest BCUT2D eigenvalue weighted by Gasteiger charge is -2.34. The van der Waals surface area contributed by atoms with Gasteiger partial charge in [-0.05, 0) is 11.1 Å². The van der Waals surface area contributed by atoms with Crippen LogP contribution in [0, 0.1) is 0 Å². The standard InChI is InChI=1S/C21H22N2O2/c1-16-20(25-15-19-11-7-4-8-12-19)14-23(22-21(16)17(2)24)13-18-9-5-3-6-10-18/h3-12,14,21-22,24H,1-2,13,15H2. The zero-order chi connectivity index (χ0) is 17.6. The Balaban J connectivity index is 1.77. The highest BCUT2D eigenvalue weighted by molar-refractivity contribution is 5.35. The predicted molar refractivity (Wildman–Crippen MR) is 99.1 cm³/mol. The summed E-state index contributed by atoms with van der Waals surface area (Å²) in [6.07, 6.45) is 1.87. The van der Waals surface area contributed by atoms with Gasteiger partial charge in [0.1, 0.15) is 24.2 Å². The van der Waals surface area contributed by atoms with Crippen LogP contribution in [0.25, 0.3) is 0 Å². The molecule has 1 atom stereocenters. The van der Waals surface area contributed by atoms with E-state index in [-0.39, 0.29) is 5.76 Å². The lowest BCUT2D eigenvalue weighted by molar-refractivity contribution is 0.146. The molecule has 0 fully saturated rings. The summed E-state index contributed by atoms with van der Waals surface area (Å²) < 4.78 is 5.96. The number of rotatable bonds is 6. The third kappa shape index (κ3) is 4.31. The quantitative estimate of drug-likeness (QED) is 0.782. The molecule has 0 aliphatic carbocycles. The van der Waals surface area contributed by atoms with Gasteiger partial charge < -0.3 is 14.9 Å². The van der Waals surface area contributed by atoms with Crippen LogP contribution in [0.2, 0.25) is 0 Å². The van der Waals surface area contributed by atoms with Crippen LogP contribution in [-0.2, 0) is 17.9 Å². The summed E-state index contributed by atoms with van der Waals surface area (Å²) in [5.41, 5.74) is 6.08. The van der Waals surface area contributed by atoms with E-state index in [0.717, 1.165) is 11.1 Å². The maximum absolute atomic E-state index is 9.91. The summed E-state index contributed by atoms with van der Waals surface area (Å²) in [5, 5.41) is 11.8. The van der Waals surface area contributed by atoms with Crippen molar-refractivity contribution in [2.45, 2.75) is 19.2 Å². The molecule has 0 bridgehead atoms. The van der Waals surface area contributed by atoms with Gasteiger partial charge in [-0.3, -0.25) is 0 Å². The highest BCUT2D eigenvalue weighted by atomic mass is 16.5. The number of aliphatic hydroxyl groups is 1. The van der Waals surface area contributed by atoms with Crippen molar-refractivity contribution in [1.29, 1.82) is 0 Å². The largest absolute Gasteiger partial charge is 0.511 e. The van der Waals surface area contributed by atoms with Crippen LogP contribution in [0.5, 0.6) is 0 Å². The van der Waals surface area contributed by atoms with Gasteiger partial charge >= 0.3 is 0 Å². The second-order valence-corrected chi connectivity index (χ2v) is 5.96. The number of benzene rings is 2. The van der Waals surface area contributed by atoms with E-state index in [9.17, 15) is 5.11 Å². The maximum atomic E-state index is 9.91. The summed E-state index contributed by atoms with van der Waals surface area (Å²) >= 11 is 0. The Morgan fingerprint density at radius 1 is 1.04 bits per heavy atom. The Hall–Kier alpha value is -2.98. The minimum absolute atomic E-state index is 0.0111. The Morgan fingerprint density at radius 3 is 2.24 bits per heavy atom. The van der Waals surface area contributed by atoms with Crippen LogP contribution in [-0.4, -0.2) is 16.2 Å². The molecule has 128 valence electrons. The summed E-state index contributed by atoms with van der Waals surface area (Å²) in [7, 11) is 0. The fourth-order valence-corrected chi connectivity index (χ4v) is 2.66. The van der Waals surface area contributed by atoms with Crippen LogP contribution < -0.4 is 5.43 Å². The molecule has 0 spiro atoms. The predicted octanol–water partition coefficient (Wildman–Crippen LogP) is 4.06. The van der Waals surface area contributed by atoms with Crippen LogP contribution in [0.4, 0.5) is 0 Å². The van der Waals surface area contributed by atoms with Gasteiger partial charge in [0.05, 0.1) is 12.7 Å². The van der Waals surface area contributed by atoms with Crippen LogP contribution in [0.3, 0.4) is 0 Å². The second kappa shape index (κ2) is 7.73. The lowest BCUT2D eigenvalue weighted by atomic mass is 10.0. The van der Waals surface area contributed by atoms with Crippen molar-refractivity contribution in [3.63, 3.8) is 0 Å². The van der Waals surface area contributed by atoms with E-state index in [1.165, 1.54) is 0 Å². The number of nitrogens with one attached hydrogen (secondary N) is 1. The Bertz CT molecular complexity index is 769. The van der Waals surface area contributed by atoms with Crippen LogP contribution in [0.1, 0.15) is 11.1 Å². The average Bonchev–Trinajstić information content (AvgIpc) is 2.63. The molecule has 2 aromatic rings. The normalized spacial score (nSPS) is 17.1. The summed E-state index contributed by atoms with van der Waals surface area (Å²) in [5.74, 6) is 0.649. The summed E-state index contributed by atoms with van der Waals surface area (Å²) in [6, 6.07) is 19.5. The highest BCUT2D eigenvalue weighted by Crippen LogP contribution is 2.24. The molecule has 2 aromatic carbocycles. The van der Waals surface area contributed by atoms with E-state index in [1.54, 1.807) is 0 Å². The molecule has 0 aromatic heterocycles. The molecule has 1 aliphatic heterocycles. The van der Waals surface area contributed by atoms with Gasteiger partial charge in [-0.2, -0.15) is 0 Å². The second-order valence-electron chi connectivity index (χ2n) is 5.96. The number of hydrogen-bond acceptors (Lipinski definition) is 4. The van der Waals surface area contributed by atoms with Crippen molar-refractivity contribution < 1.29 is 9.84 Å². The molecule has 0 saturated carbocycles. The van der Waals surface area contributed by atoms with E-state index in [0.29, 0.717) is 24.5 Å². The van der Waals surface area contributed by atoms with Crippen molar-refractivity contribution >= 4 is 0 Å². The molecule has 1 unspecified atom stereocenters. The van der Waals surface area contributed by atoms with Gasteiger partial charge in [0.15, 0.2) is 0 Å². The monoisotopic (exact) mass is 334 g/mol. The van der Waals surface area contributed by atoms with E-state index in [4.69, 9.17) is 4.74 Å². The fourth-order valence-electron chi connectivity index (χ4n) is 2.66. The van der Waals surface area contributed by atoms with E-state index in [2.05, 4.69) is 18.6 Å². The number of aliphatic hydroxyl groups excluding tert-OH is 1. The van der Waals surface area contributed by atoms with Crippen LogP contribution in [0.15, 0.2) is 97.1 Å². The van der Waals surface area contributed by atoms with Crippen molar-refractivity contribution in [3.8, 4) is 0 Å². The molecule has 4 nitrogen and oxygen atoms in total. The topological polar surface area (TPSA) is 44.7 Å². The number of ether oxygens (including phenoxy) is 1. The van der Waals surface area contributed by atoms with Gasteiger partial charge in [-0.15, -0.1) is 0 Å². The zero-order valence-corrected chi connectivity index (χ0v) is 14.1. The van der Waals surface area contributed by atoms with E-state index >= 15 is 0 Å². The van der Waals surface area contributed by atoms with Gasteiger partial charge in [0.25, 0.3) is 0 Å². The molecule has 1 heterocycles. The van der Waals surface area contributed by atoms with Gasteiger partial charge in [-0.1, -0.05) is 73.8 Å². The molecule has 0 saturated heterocycles. The van der Waals surface area contributed by atoms with Crippen molar-refractivity contribution in [3.05, 3.63) is 108 Å². The smallest absolute Gasteiger partial charge is 0.141 e. The van der Waals surface area contributed by atoms with Gasteiger partial charge in [0, 0.05) is 5.57 Å². The molecule has 25 heavy (non-hydrogen) atoms. The first kappa shape index (κ1) is 16.9. The first-order chi connectivity index (χ1) is 12.1. The third-order valence-corrected chi connectivity index (χ3v) is 4.00. The Morgan fingerprint density at radius 2 is 1.64 bits per heavy atom. The molecule has 0 radical (unpaired) electrons. The molecule has 4 heteroatoms. The average molecular weight is 334 g/mol. The first-order valence-electron chi connectivity index (χ1n) is 8.15. The molecule has 1 aliphatic rings. The van der Waals surface area contributed by atoms with Crippen molar-refractivity contribution in [2.75, 3.05) is 0 Å².